The van der Waals surface area contributed by atoms with E-state index in [1.807, 2.05) is 38.4 Å². The van der Waals surface area contributed by atoms with Crippen molar-refractivity contribution in [2.24, 2.45) is 5.73 Å². The van der Waals surface area contributed by atoms with Gasteiger partial charge in [-0.05, 0) is 31.8 Å². The summed E-state index contributed by atoms with van der Waals surface area (Å²) in [7, 11) is 4.02. The van der Waals surface area contributed by atoms with Gasteiger partial charge in [-0.1, -0.05) is 23.7 Å². The van der Waals surface area contributed by atoms with Crippen LogP contribution >= 0.6 is 36.4 Å². The summed E-state index contributed by atoms with van der Waals surface area (Å²) in [6.45, 7) is 0.849. The van der Waals surface area contributed by atoms with Crippen LogP contribution in [-0.2, 0) is 0 Å². The summed E-state index contributed by atoms with van der Waals surface area (Å²) in [4.78, 5) is 2.07. The third-order valence-corrected chi connectivity index (χ3v) is 2.11. The number of hydrogen-bond acceptors (Lipinski definition) is 2. The Morgan fingerprint density at radius 2 is 1.67 bits per heavy atom. The first-order valence-electron chi connectivity index (χ1n) is 4.25. The van der Waals surface area contributed by atoms with Gasteiger partial charge in [-0.15, -0.1) is 24.8 Å². The van der Waals surface area contributed by atoms with E-state index in [1.165, 1.54) is 0 Å². The molecule has 5 heteroatoms. The summed E-state index contributed by atoms with van der Waals surface area (Å²) in [6, 6.07) is 7.73. The lowest BCUT2D eigenvalue weighted by molar-refractivity contribution is 0.376. The number of nitrogens with two attached hydrogens (primary N) is 1. The van der Waals surface area contributed by atoms with Crippen LogP contribution in [0.15, 0.2) is 24.3 Å². The average Bonchev–Trinajstić information content (AvgIpc) is 2.04. The summed E-state index contributed by atoms with van der Waals surface area (Å²) in [5.41, 5.74) is 7.08. The van der Waals surface area contributed by atoms with Gasteiger partial charge in [0.1, 0.15) is 0 Å². The Morgan fingerprint density at radius 3 is 2.07 bits per heavy atom. The predicted molar refractivity (Wildman–Crippen MR) is 71.4 cm³/mol. The van der Waals surface area contributed by atoms with Gasteiger partial charge in [0.15, 0.2) is 0 Å². The van der Waals surface area contributed by atoms with Crippen molar-refractivity contribution < 1.29 is 0 Å². The molecule has 1 aromatic carbocycles. The molecular formula is C10H17Cl3N2. The third-order valence-electron chi connectivity index (χ3n) is 1.86. The molecule has 0 aliphatic heterocycles. The molecule has 1 unspecified atom stereocenters. The van der Waals surface area contributed by atoms with Crippen LogP contribution in [0.4, 0.5) is 0 Å². The van der Waals surface area contributed by atoms with E-state index >= 15 is 0 Å². The summed E-state index contributed by atoms with van der Waals surface area (Å²) >= 11 is 5.77. The number of likely N-dealkylation sites (N-methyl/N-ethyl adjacent to an activating group) is 1. The van der Waals surface area contributed by atoms with Crippen LogP contribution in [0.3, 0.4) is 0 Å². The molecule has 0 fully saturated rings. The molecule has 2 nitrogen and oxygen atoms in total. The van der Waals surface area contributed by atoms with Crippen molar-refractivity contribution in [3.8, 4) is 0 Å². The van der Waals surface area contributed by atoms with E-state index in [2.05, 4.69) is 4.90 Å². The average molecular weight is 272 g/mol. The Kier molecular flexibility index (Phi) is 9.51. The lowest BCUT2D eigenvalue weighted by atomic mass is 10.1. The molecular weight excluding hydrogens is 254 g/mol. The Labute approximate surface area is 109 Å². The number of nitrogens with zero attached hydrogens (tertiary/aromatic N) is 1. The van der Waals surface area contributed by atoms with Crippen molar-refractivity contribution in [1.82, 2.24) is 4.90 Å². The predicted octanol–water partition coefficient (Wildman–Crippen LogP) is 2.75. The lowest BCUT2D eigenvalue weighted by Crippen LogP contribution is -2.25. The van der Waals surface area contributed by atoms with E-state index in [0.29, 0.717) is 0 Å². The molecule has 0 amide bonds. The van der Waals surface area contributed by atoms with Crippen molar-refractivity contribution in [3.05, 3.63) is 34.9 Å². The van der Waals surface area contributed by atoms with E-state index in [-0.39, 0.29) is 30.9 Å². The van der Waals surface area contributed by atoms with E-state index in [9.17, 15) is 0 Å². The first kappa shape index (κ1) is 17.4. The molecule has 0 spiro atoms. The second kappa shape index (κ2) is 8.20. The summed E-state index contributed by atoms with van der Waals surface area (Å²) in [5.74, 6) is 0. The fourth-order valence-electron chi connectivity index (χ4n) is 1.21. The first-order valence-corrected chi connectivity index (χ1v) is 4.63. The Bertz CT molecular complexity index is 262. The largest absolute Gasteiger partial charge is 0.323 e. The molecule has 0 saturated carbocycles. The molecule has 0 bridgehead atoms. The second-order valence-corrected chi connectivity index (χ2v) is 3.86. The molecule has 0 aliphatic rings. The van der Waals surface area contributed by atoms with E-state index < -0.39 is 0 Å². The number of benzene rings is 1. The van der Waals surface area contributed by atoms with E-state index in [4.69, 9.17) is 17.3 Å². The van der Waals surface area contributed by atoms with E-state index in [0.717, 1.165) is 17.1 Å². The smallest absolute Gasteiger partial charge is 0.0424 e. The van der Waals surface area contributed by atoms with Crippen molar-refractivity contribution in [3.63, 3.8) is 0 Å². The van der Waals surface area contributed by atoms with Gasteiger partial charge in [-0.3, -0.25) is 0 Å². The summed E-state index contributed by atoms with van der Waals surface area (Å²) < 4.78 is 0. The van der Waals surface area contributed by atoms with Gasteiger partial charge in [0, 0.05) is 17.6 Å². The quantitative estimate of drug-likeness (QED) is 0.916. The zero-order valence-electron chi connectivity index (χ0n) is 8.81. The van der Waals surface area contributed by atoms with Crippen molar-refractivity contribution in [1.29, 1.82) is 0 Å². The van der Waals surface area contributed by atoms with Crippen molar-refractivity contribution in [2.75, 3.05) is 20.6 Å². The molecule has 1 atom stereocenters. The highest BCUT2D eigenvalue weighted by molar-refractivity contribution is 6.30. The molecule has 1 aromatic rings. The maximum Gasteiger partial charge on any atom is 0.0424 e. The number of rotatable bonds is 3. The molecule has 0 saturated heterocycles. The molecule has 0 heterocycles. The van der Waals surface area contributed by atoms with Crippen LogP contribution in [0.5, 0.6) is 0 Å². The SMILES string of the molecule is CN(C)CC(N)c1ccc(Cl)cc1.Cl.Cl. The Balaban J connectivity index is 0. The summed E-state index contributed by atoms with van der Waals surface area (Å²) in [5, 5.41) is 0.751. The fourth-order valence-corrected chi connectivity index (χ4v) is 1.33. The standard InChI is InChI=1S/C10H15ClN2.2ClH/c1-13(2)7-10(12)8-3-5-9(11)6-4-8;;/h3-6,10H,7,12H2,1-2H3;2*1H. The molecule has 1 rings (SSSR count). The molecule has 0 aromatic heterocycles. The van der Waals surface area contributed by atoms with Crippen molar-refractivity contribution >= 4 is 36.4 Å². The topological polar surface area (TPSA) is 29.3 Å². The molecule has 0 radical (unpaired) electrons. The number of hydrogen-bond donors (Lipinski definition) is 1. The molecule has 0 aliphatic carbocycles. The maximum atomic E-state index is 5.96. The van der Waals surface area contributed by atoms with Gasteiger partial charge in [-0.25, -0.2) is 0 Å². The number of halogens is 3. The highest BCUT2D eigenvalue weighted by Gasteiger charge is 2.05. The molecule has 2 N–H and O–H groups in total. The first-order chi connectivity index (χ1) is 6.09. The van der Waals surface area contributed by atoms with Crippen LogP contribution in [0, 0.1) is 0 Å². The van der Waals surface area contributed by atoms with Gasteiger partial charge in [0.2, 0.25) is 0 Å². The highest BCUT2D eigenvalue weighted by Crippen LogP contribution is 2.14. The minimum Gasteiger partial charge on any atom is -0.323 e. The third kappa shape index (κ3) is 6.23. The minimum absolute atomic E-state index is 0. The highest BCUT2D eigenvalue weighted by atomic mass is 35.5. The maximum absolute atomic E-state index is 5.96. The zero-order valence-corrected chi connectivity index (χ0v) is 11.2. The van der Waals surface area contributed by atoms with Crippen LogP contribution < -0.4 is 5.73 Å². The Hall–Kier alpha value is 0.01000. The second-order valence-electron chi connectivity index (χ2n) is 3.42. The van der Waals surface area contributed by atoms with Crippen LogP contribution in [0.1, 0.15) is 11.6 Å². The molecule has 88 valence electrons. The molecule has 15 heavy (non-hydrogen) atoms. The normalized spacial score (nSPS) is 11.5. The van der Waals surface area contributed by atoms with Gasteiger partial charge in [0.25, 0.3) is 0 Å². The van der Waals surface area contributed by atoms with E-state index in [1.54, 1.807) is 0 Å². The minimum atomic E-state index is 0. The van der Waals surface area contributed by atoms with Gasteiger partial charge >= 0.3 is 0 Å². The fraction of sp³-hybridized carbons (Fsp3) is 0.400. The zero-order chi connectivity index (χ0) is 9.84. The van der Waals surface area contributed by atoms with Gasteiger partial charge in [0.05, 0.1) is 0 Å². The van der Waals surface area contributed by atoms with Gasteiger partial charge < -0.3 is 10.6 Å². The van der Waals surface area contributed by atoms with Crippen LogP contribution in [0.2, 0.25) is 5.02 Å². The van der Waals surface area contributed by atoms with Gasteiger partial charge in [-0.2, -0.15) is 0 Å². The van der Waals surface area contributed by atoms with Crippen LogP contribution in [-0.4, -0.2) is 25.5 Å². The lowest BCUT2D eigenvalue weighted by Gasteiger charge is -2.16. The van der Waals surface area contributed by atoms with Crippen molar-refractivity contribution in [2.45, 2.75) is 6.04 Å². The summed E-state index contributed by atoms with van der Waals surface area (Å²) in [6.07, 6.45) is 0. The Morgan fingerprint density at radius 1 is 1.20 bits per heavy atom. The van der Waals surface area contributed by atoms with Crippen LogP contribution in [0.25, 0.3) is 0 Å². The monoisotopic (exact) mass is 270 g/mol.